The lowest BCUT2D eigenvalue weighted by Gasteiger charge is -2.29. The van der Waals surface area contributed by atoms with Crippen LogP contribution in [0.3, 0.4) is 0 Å². The van der Waals surface area contributed by atoms with E-state index in [0.29, 0.717) is 0 Å². The Morgan fingerprint density at radius 2 is 1.67 bits per heavy atom. The van der Waals surface area contributed by atoms with Gasteiger partial charge in [-0.2, -0.15) is 5.26 Å². The molecule has 0 amide bonds. The molecule has 0 aromatic carbocycles. The topological polar surface area (TPSA) is 60.7 Å². The summed E-state index contributed by atoms with van der Waals surface area (Å²) in [5.74, 6) is 0. The maximum absolute atomic E-state index is 8.93. The molecule has 0 saturated heterocycles. The van der Waals surface area contributed by atoms with E-state index in [2.05, 4.69) is 12.3 Å². The van der Waals surface area contributed by atoms with Crippen LogP contribution in [0.2, 0.25) is 0 Å². The number of hydrogen-bond donors (Lipinski definition) is 0. The van der Waals surface area contributed by atoms with Gasteiger partial charge in [0.15, 0.2) is 0 Å². The predicted molar refractivity (Wildman–Crippen MR) is 87.4 cm³/mol. The van der Waals surface area contributed by atoms with Gasteiger partial charge in [0.2, 0.25) is 0 Å². The van der Waals surface area contributed by atoms with Crippen molar-refractivity contribution < 1.29 is 17.7 Å². The van der Waals surface area contributed by atoms with Gasteiger partial charge in [-0.3, -0.25) is 0 Å². The molecule has 0 rings (SSSR count). The molecule has 0 aromatic heterocycles. The zero-order chi connectivity index (χ0) is 16.1. The Kier molecular flexibility index (Phi) is 12.4. The fraction of sp³-hybridized carbons (Fsp3) is 0.929. The summed E-state index contributed by atoms with van der Waals surface area (Å²) in [6, 6.07) is 0. The van der Waals surface area contributed by atoms with Gasteiger partial charge in [-0.05, 0) is 38.5 Å². The van der Waals surface area contributed by atoms with Gasteiger partial charge in [0, 0.05) is 20.3 Å². The Balaban J connectivity index is 4.45. The summed E-state index contributed by atoms with van der Waals surface area (Å²) in [6.45, 7) is 6.00. The molecule has 5 nitrogen and oxygen atoms in total. The van der Waals surface area contributed by atoms with Gasteiger partial charge in [-0.1, -0.05) is 32.6 Å². The lowest BCUT2D eigenvalue weighted by molar-refractivity contribution is -0.0329. The molecule has 7 heteroatoms. The van der Waals surface area contributed by atoms with Crippen molar-refractivity contribution in [3.63, 3.8) is 0 Å². The van der Waals surface area contributed by atoms with Crippen LogP contribution >= 0.6 is 11.8 Å². The quantitative estimate of drug-likeness (QED) is 0.219. The van der Waals surface area contributed by atoms with E-state index in [1.807, 2.05) is 13.8 Å². The molecule has 0 aromatic rings. The van der Waals surface area contributed by atoms with Gasteiger partial charge < -0.3 is 17.7 Å². The monoisotopic (exact) mass is 335 g/mol. The summed E-state index contributed by atoms with van der Waals surface area (Å²) in [5.41, 5.74) is -0.276. The Morgan fingerprint density at radius 1 is 1.05 bits per heavy atom. The van der Waals surface area contributed by atoms with Crippen LogP contribution in [0.1, 0.15) is 59.3 Å². The smallest absolute Gasteiger partial charge is 0.355 e. The van der Waals surface area contributed by atoms with Crippen molar-refractivity contribution in [2.45, 2.75) is 70.8 Å². The second-order valence-corrected chi connectivity index (χ2v) is 8.27. The molecule has 0 aliphatic rings. The van der Waals surface area contributed by atoms with Crippen LogP contribution in [0.4, 0.5) is 0 Å². The maximum Gasteiger partial charge on any atom is 0.680 e. The molecule has 1 unspecified atom stereocenters. The third-order valence-electron chi connectivity index (χ3n) is 2.88. The molecular weight excluding hydrogens is 306 g/mol. The van der Waals surface area contributed by atoms with Crippen molar-refractivity contribution >= 4 is 20.8 Å². The van der Waals surface area contributed by atoms with Crippen molar-refractivity contribution in [1.29, 1.82) is 5.26 Å². The summed E-state index contributed by atoms with van der Waals surface area (Å²) >= 11 is 1.10. The van der Waals surface area contributed by atoms with Crippen molar-refractivity contribution in [3.05, 3.63) is 0 Å². The van der Waals surface area contributed by atoms with Crippen LogP contribution in [0.25, 0.3) is 0 Å². The van der Waals surface area contributed by atoms with Crippen LogP contribution in [-0.4, -0.2) is 34.8 Å². The normalized spacial score (nSPS) is 13.4. The second kappa shape index (κ2) is 12.4. The SMILES string of the molecule is CCCCCCCC(O[Si](OC)(OC)OC(C)C)SC#N. The molecular formula is C14H29NO4SSi. The van der Waals surface area contributed by atoms with Gasteiger partial charge in [0.1, 0.15) is 10.8 Å². The summed E-state index contributed by atoms with van der Waals surface area (Å²) in [7, 11) is -0.112. The van der Waals surface area contributed by atoms with Crippen LogP contribution in [0, 0.1) is 10.7 Å². The van der Waals surface area contributed by atoms with Crippen molar-refractivity contribution in [1.82, 2.24) is 0 Å². The lowest BCUT2D eigenvalue weighted by atomic mass is 10.1. The van der Waals surface area contributed by atoms with E-state index in [-0.39, 0.29) is 11.5 Å². The minimum absolute atomic E-state index is 0.0612. The Labute approximate surface area is 134 Å². The molecule has 0 saturated carbocycles. The Bertz CT molecular complexity index is 295. The van der Waals surface area contributed by atoms with Gasteiger partial charge in [-0.15, -0.1) is 0 Å². The summed E-state index contributed by atoms with van der Waals surface area (Å²) < 4.78 is 22.4. The van der Waals surface area contributed by atoms with Crippen LogP contribution in [-0.2, 0) is 17.7 Å². The highest BCUT2D eigenvalue weighted by molar-refractivity contribution is 8.04. The number of nitrogens with zero attached hydrogens (tertiary/aromatic N) is 1. The molecule has 0 bridgehead atoms. The first kappa shape index (κ1) is 20.9. The largest absolute Gasteiger partial charge is 0.680 e. The zero-order valence-electron chi connectivity index (χ0n) is 13.9. The average Bonchev–Trinajstić information content (AvgIpc) is 2.45. The first-order valence-corrected chi connectivity index (χ1v) is 10.1. The van der Waals surface area contributed by atoms with Crippen LogP contribution in [0.5, 0.6) is 0 Å². The molecule has 0 spiro atoms. The van der Waals surface area contributed by atoms with E-state index in [1.165, 1.54) is 33.5 Å². The summed E-state index contributed by atoms with van der Waals surface area (Å²) in [6.07, 6.45) is 6.61. The minimum Gasteiger partial charge on any atom is -0.355 e. The molecule has 0 radical (unpaired) electrons. The van der Waals surface area contributed by atoms with Crippen LogP contribution in [0.15, 0.2) is 0 Å². The number of rotatable bonds is 13. The van der Waals surface area contributed by atoms with Gasteiger partial charge in [0.25, 0.3) is 0 Å². The second-order valence-electron chi connectivity index (χ2n) is 5.03. The molecule has 0 aliphatic heterocycles. The molecule has 1 atom stereocenters. The third-order valence-corrected chi connectivity index (χ3v) is 6.09. The molecule has 0 N–H and O–H groups in total. The van der Waals surface area contributed by atoms with E-state index < -0.39 is 9.05 Å². The number of thiocyanates is 1. The van der Waals surface area contributed by atoms with E-state index in [9.17, 15) is 0 Å². The first-order chi connectivity index (χ1) is 10.0. The van der Waals surface area contributed by atoms with Gasteiger partial charge in [-0.25, -0.2) is 0 Å². The van der Waals surface area contributed by atoms with E-state index >= 15 is 0 Å². The maximum atomic E-state index is 8.93. The highest BCUT2D eigenvalue weighted by Crippen LogP contribution is 2.25. The van der Waals surface area contributed by atoms with Crippen molar-refractivity contribution in [2.75, 3.05) is 14.2 Å². The summed E-state index contributed by atoms with van der Waals surface area (Å²) in [4.78, 5) is 0. The van der Waals surface area contributed by atoms with Gasteiger partial charge in [0.05, 0.1) is 0 Å². The molecule has 0 aliphatic carbocycles. The Hall–Kier alpha value is -0.103. The highest BCUT2D eigenvalue weighted by Gasteiger charge is 2.46. The number of hydrogen-bond acceptors (Lipinski definition) is 6. The Morgan fingerprint density at radius 3 is 2.14 bits per heavy atom. The highest BCUT2D eigenvalue weighted by atomic mass is 32.2. The molecule has 124 valence electrons. The summed E-state index contributed by atoms with van der Waals surface area (Å²) in [5, 5.41) is 11.0. The zero-order valence-corrected chi connectivity index (χ0v) is 15.7. The molecule has 0 fully saturated rings. The van der Waals surface area contributed by atoms with E-state index in [4.69, 9.17) is 23.0 Å². The van der Waals surface area contributed by atoms with E-state index in [0.717, 1.165) is 31.0 Å². The van der Waals surface area contributed by atoms with Crippen molar-refractivity contribution in [3.8, 4) is 5.40 Å². The first-order valence-electron chi connectivity index (χ1n) is 7.54. The average molecular weight is 336 g/mol. The number of thioether (sulfide) groups is 1. The van der Waals surface area contributed by atoms with E-state index in [1.54, 1.807) is 0 Å². The minimum atomic E-state index is -3.15. The number of unbranched alkanes of at least 4 members (excludes halogenated alkanes) is 4. The molecule has 0 heterocycles. The third kappa shape index (κ3) is 9.50. The predicted octanol–water partition coefficient (Wildman–Crippen LogP) is 4.06. The van der Waals surface area contributed by atoms with Gasteiger partial charge >= 0.3 is 9.05 Å². The standard InChI is InChI=1S/C14H29NO4SSi/c1-6-7-8-9-10-11-14(20-12-15)19-21(16-4,17-5)18-13(2)3/h13-14H,6-11H2,1-5H3. The number of nitriles is 1. The molecule has 21 heavy (non-hydrogen) atoms. The fourth-order valence-corrected chi connectivity index (χ4v) is 4.44. The fourth-order valence-electron chi connectivity index (χ4n) is 1.87. The van der Waals surface area contributed by atoms with Crippen LogP contribution < -0.4 is 0 Å². The lowest BCUT2D eigenvalue weighted by Crippen LogP contribution is -2.50. The van der Waals surface area contributed by atoms with Crippen molar-refractivity contribution in [2.24, 2.45) is 0 Å².